The van der Waals surface area contributed by atoms with Crippen LogP contribution in [0, 0.1) is 0 Å². The van der Waals surface area contributed by atoms with Crippen LogP contribution in [-0.2, 0) is 10.0 Å². The SMILES string of the molecule is CN1CN(C)S(=O)(=O)c2cc(Br)ccc21. The number of anilines is 1. The molecule has 1 aromatic rings. The van der Waals surface area contributed by atoms with E-state index < -0.39 is 10.0 Å². The van der Waals surface area contributed by atoms with Crippen LogP contribution in [0.3, 0.4) is 0 Å². The highest BCUT2D eigenvalue weighted by molar-refractivity contribution is 9.10. The molecule has 1 aromatic carbocycles. The normalized spacial score (nSPS) is 20.1. The van der Waals surface area contributed by atoms with E-state index in [-0.39, 0.29) is 0 Å². The molecule has 0 spiro atoms. The topological polar surface area (TPSA) is 40.6 Å². The molecule has 1 aliphatic heterocycles. The first-order valence-electron chi connectivity index (χ1n) is 4.40. The van der Waals surface area contributed by atoms with E-state index in [1.54, 1.807) is 13.1 Å². The summed E-state index contributed by atoms with van der Waals surface area (Å²) in [5, 5.41) is 0. The Hall–Kier alpha value is -0.590. The van der Waals surface area contributed by atoms with E-state index in [4.69, 9.17) is 0 Å². The lowest BCUT2D eigenvalue weighted by molar-refractivity contribution is 0.459. The fourth-order valence-electron chi connectivity index (χ4n) is 1.63. The van der Waals surface area contributed by atoms with Crippen molar-refractivity contribution in [3.63, 3.8) is 0 Å². The van der Waals surface area contributed by atoms with Crippen LogP contribution in [-0.4, -0.2) is 33.5 Å². The van der Waals surface area contributed by atoms with Crippen molar-refractivity contribution in [3.8, 4) is 0 Å². The van der Waals surface area contributed by atoms with Gasteiger partial charge in [-0.3, -0.25) is 0 Å². The minimum atomic E-state index is -3.31. The third kappa shape index (κ3) is 1.66. The van der Waals surface area contributed by atoms with Crippen molar-refractivity contribution in [1.82, 2.24) is 4.31 Å². The van der Waals surface area contributed by atoms with Gasteiger partial charge in [-0.2, -0.15) is 4.31 Å². The molecule has 1 heterocycles. The van der Waals surface area contributed by atoms with Crippen molar-refractivity contribution in [2.45, 2.75) is 4.90 Å². The fraction of sp³-hybridized carbons (Fsp3) is 0.333. The fourth-order valence-corrected chi connectivity index (χ4v) is 3.57. The smallest absolute Gasteiger partial charge is 0.246 e. The maximum atomic E-state index is 12.0. The van der Waals surface area contributed by atoms with Gasteiger partial charge in [0.2, 0.25) is 10.0 Å². The van der Waals surface area contributed by atoms with Crippen molar-refractivity contribution in [2.24, 2.45) is 0 Å². The zero-order chi connectivity index (χ0) is 11.2. The summed E-state index contributed by atoms with van der Waals surface area (Å²) in [5.74, 6) is 0. The first-order chi connectivity index (χ1) is 6.93. The lowest BCUT2D eigenvalue weighted by Gasteiger charge is -2.33. The van der Waals surface area contributed by atoms with Gasteiger partial charge in [-0.05, 0) is 18.2 Å². The van der Waals surface area contributed by atoms with Gasteiger partial charge in [0.05, 0.1) is 12.4 Å². The predicted octanol–water partition coefficient (Wildman–Crippen LogP) is 1.48. The van der Waals surface area contributed by atoms with E-state index in [0.717, 1.165) is 10.2 Å². The van der Waals surface area contributed by atoms with Crippen LogP contribution in [0.25, 0.3) is 0 Å². The van der Waals surface area contributed by atoms with Gasteiger partial charge >= 0.3 is 0 Å². The van der Waals surface area contributed by atoms with Crippen molar-refractivity contribution in [3.05, 3.63) is 22.7 Å². The minimum Gasteiger partial charge on any atom is -0.359 e. The Morgan fingerprint density at radius 1 is 1.33 bits per heavy atom. The molecule has 0 saturated carbocycles. The van der Waals surface area contributed by atoms with Crippen LogP contribution in [0.15, 0.2) is 27.6 Å². The molecular weight excluding hydrogens is 280 g/mol. The molecule has 0 bridgehead atoms. The van der Waals surface area contributed by atoms with Crippen LogP contribution in [0.2, 0.25) is 0 Å². The molecular formula is C9H11BrN2O2S. The number of fused-ring (bicyclic) bond motifs is 1. The third-order valence-corrected chi connectivity index (χ3v) is 4.74. The van der Waals surface area contributed by atoms with E-state index in [2.05, 4.69) is 15.9 Å². The van der Waals surface area contributed by atoms with Crippen LogP contribution < -0.4 is 4.90 Å². The molecule has 6 heteroatoms. The highest BCUT2D eigenvalue weighted by Crippen LogP contribution is 2.33. The summed E-state index contributed by atoms with van der Waals surface area (Å²) in [6, 6.07) is 5.29. The maximum Gasteiger partial charge on any atom is 0.246 e. The number of nitrogens with zero attached hydrogens (tertiary/aromatic N) is 2. The second-order valence-electron chi connectivity index (χ2n) is 3.55. The van der Waals surface area contributed by atoms with Gasteiger partial charge in [-0.15, -0.1) is 0 Å². The van der Waals surface area contributed by atoms with Gasteiger partial charge in [0.1, 0.15) is 4.90 Å². The van der Waals surface area contributed by atoms with E-state index >= 15 is 0 Å². The molecule has 0 aromatic heterocycles. The Bertz CT molecular complexity index is 501. The molecule has 0 N–H and O–H groups in total. The number of sulfonamides is 1. The van der Waals surface area contributed by atoms with Gasteiger partial charge in [-0.25, -0.2) is 8.42 Å². The van der Waals surface area contributed by atoms with Crippen molar-refractivity contribution in [2.75, 3.05) is 25.7 Å². The van der Waals surface area contributed by atoms with Crippen LogP contribution in [0.1, 0.15) is 0 Å². The van der Waals surface area contributed by atoms with Crippen LogP contribution in [0.4, 0.5) is 5.69 Å². The molecule has 0 fully saturated rings. The molecule has 0 radical (unpaired) electrons. The zero-order valence-corrected chi connectivity index (χ0v) is 10.8. The maximum absolute atomic E-state index is 12.0. The molecule has 82 valence electrons. The van der Waals surface area contributed by atoms with E-state index in [0.29, 0.717) is 11.6 Å². The first-order valence-corrected chi connectivity index (χ1v) is 6.63. The van der Waals surface area contributed by atoms with Gasteiger partial charge in [-0.1, -0.05) is 15.9 Å². The molecule has 0 aliphatic carbocycles. The summed E-state index contributed by atoms with van der Waals surface area (Å²) in [5.41, 5.74) is 0.747. The second-order valence-corrected chi connectivity index (χ2v) is 6.48. The number of rotatable bonds is 0. The predicted molar refractivity (Wildman–Crippen MR) is 62.4 cm³/mol. The lowest BCUT2D eigenvalue weighted by atomic mass is 10.3. The minimum absolute atomic E-state index is 0.355. The summed E-state index contributed by atoms with van der Waals surface area (Å²) in [7, 11) is 0.137. The van der Waals surface area contributed by atoms with Gasteiger partial charge in [0.25, 0.3) is 0 Å². The third-order valence-electron chi connectivity index (χ3n) is 2.43. The van der Waals surface area contributed by atoms with E-state index in [1.165, 1.54) is 4.31 Å². The number of halogens is 1. The summed E-state index contributed by atoms with van der Waals surface area (Å²) < 4.78 is 26.1. The Morgan fingerprint density at radius 3 is 2.67 bits per heavy atom. The monoisotopic (exact) mass is 290 g/mol. The van der Waals surface area contributed by atoms with E-state index in [9.17, 15) is 8.42 Å². The van der Waals surface area contributed by atoms with Crippen molar-refractivity contribution < 1.29 is 8.42 Å². The molecule has 0 amide bonds. The summed E-state index contributed by atoms with van der Waals surface area (Å²) in [6.07, 6.45) is 0. The number of hydrogen-bond acceptors (Lipinski definition) is 3. The molecule has 15 heavy (non-hydrogen) atoms. The van der Waals surface area contributed by atoms with Crippen LogP contribution >= 0.6 is 15.9 Å². The van der Waals surface area contributed by atoms with Crippen LogP contribution in [0.5, 0.6) is 0 Å². The molecule has 0 saturated heterocycles. The molecule has 0 atom stereocenters. The zero-order valence-electron chi connectivity index (χ0n) is 8.44. The quantitative estimate of drug-likeness (QED) is 0.727. The average Bonchev–Trinajstić information content (AvgIpc) is 2.15. The Balaban J connectivity index is 2.72. The molecule has 4 nitrogen and oxygen atoms in total. The Kier molecular flexibility index (Phi) is 2.52. The summed E-state index contributed by atoms with van der Waals surface area (Å²) in [4.78, 5) is 2.26. The number of hydrogen-bond donors (Lipinski definition) is 0. The summed E-state index contributed by atoms with van der Waals surface area (Å²) in [6.45, 7) is 0.386. The molecule has 1 aliphatic rings. The van der Waals surface area contributed by atoms with Gasteiger partial charge < -0.3 is 4.90 Å². The largest absolute Gasteiger partial charge is 0.359 e. The number of benzene rings is 1. The Morgan fingerprint density at radius 2 is 2.00 bits per heavy atom. The first kappa shape index (κ1) is 10.9. The highest BCUT2D eigenvalue weighted by atomic mass is 79.9. The Labute approximate surface area is 97.7 Å². The lowest BCUT2D eigenvalue weighted by Crippen LogP contribution is -2.42. The standard InChI is InChI=1S/C9H11BrN2O2S/c1-11-6-12(2)15(13,14)9-5-7(10)3-4-8(9)11/h3-5H,6H2,1-2H3. The summed E-state index contributed by atoms with van der Waals surface area (Å²) >= 11 is 3.28. The van der Waals surface area contributed by atoms with Gasteiger partial charge in [0, 0.05) is 18.6 Å². The molecule has 2 rings (SSSR count). The van der Waals surface area contributed by atoms with Gasteiger partial charge in [0.15, 0.2) is 0 Å². The van der Waals surface area contributed by atoms with Crippen molar-refractivity contribution >= 4 is 31.6 Å². The van der Waals surface area contributed by atoms with E-state index in [1.807, 2.05) is 24.1 Å². The highest BCUT2D eigenvalue weighted by Gasteiger charge is 2.31. The second kappa shape index (κ2) is 3.47. The van der Waals surface area contributed by atoms with Crippen molar-refractivity contribution in [1.29, 1.82) is 0 Å². The average molecular weight is 291 g/mol. The molecule has 0 unspecified atom stereocenters.